The minimum Gasteiger partial charge on any atom is -0.493 e. The maximum Gasteiger partial charge on any atom is 0.162 e. The largest absolute Gasteiger partial charge is 0.493 e. The topological polar surface area (TPSA) is 68.7 Å². The SMILES string of the molecule is [2H]C1OC([2H])C([2H])N(C([2H])([2H])C([2H])([2H])C([2H])([2H])Oc2cc3c(Nc4ccc(Cl)c(Cl)c4)ncnc3cc2OC([2H])([2H])[2H])C1[2H]. The van der Waals surface area contributed by atoms with E-state index >= 15 is 0 Å². The summed E-state index contributed by atoms with van der Waals surface area (Å²) in [6.07, 6.45) is -2.58. The summed E-state index contributed by atoms with van der Waals surface area (Å²) in [5.74, 6) is -1.19. The second-order valence-corrected chi connectivity index (χ2v) is 6.76. The van der Waals surface area contributed by atoms with Gasteiger partial charge in [0.15, 0.2) is 11.5 Å². The van der Waals surface area contributed by atoms with E-state index in [0.29, 0.717) is 5.69 Å². The van der Waals surface area contributed by atoms with Gasteiger partial charge in [0.2, 0.25) is 0 Å². The Kier molecular flexibility index (Phi) is 3.67. The average Bonchev–Trinajstić information content (AvgIpc) is 2.89. The van der Waals surface area contributed by atoms with Crippen molar-refractivity contribution in [3.05, 3.63) is 46.7 Å². The number of methoxy groups -OCH3 is 1. The molecule has 2 heterocycles. The Morgan fingerprint density at radius 2 is 2.06 bits per heavy atom. The predicted octanol–water partition coefficient (Wildman–Crippen LogP) is 4.79. The summed E-state index contributed by atoms with van der Waals surface area (Å²) in [6.45, 7) is -14.9. The Morgan fingerprint density at radius 3 is 2.87 bits per heavy atom. The van der Waals surface area contributed by atoms with E-state index in [1.807, 2.05) is 0 Å². The number of hydrogen-bond acceptors (Lipinski definition) is 7. The van der Waals surface area contributed by atoms with E-state index in [0.717, 1.165) is 18.5 Å². The lowest BCUT2D eigenvalue weighted by Gasteiger charge is -2.26. The highest BCUT2D eigenvalue weighted by molar-refractivity contribution is 6.42. The fourth-order valence-electron chi connectivity index (χ4n) is 2.57. The molecule has 1 saturated heterocycles. The van der Waals surface area contributed by atoms with Crippen LogP contribution in [0.3, 0.4) is 0 Å². The van der Waals surface area contributed by atoms with E-state index < -0.39 is 64.2 Å². The minimum atomic E-state index is -3.73. The predicted molar refractivity (Wildman–Crippen MR) is 123 cm³/mol. The van der Waals surface area contributed by atoms with Crippen LogP contribution in [0.5, 0.6) is 11.5 Å². The zero-order valence-corrected chi connectivity index (χ0v) is 17.1. The first-order valence-corrected chi connectivity index (χ1v) is 9.43. The Balaban J connectivity index is 1.79. The lowest BCUT2D eigenvalue weighted by atomic mass is 10.2. The van der Waals surface area contributed by atoms with Gasteiger partial charge in [-0.25, -0.2) is 9.97 Å². The normalized spacial score (nSPS) is 32.0. The molecule has 1 fully saturated rings. The lowest BCUT2D eigenvalue weighted by Crippen LogP contribution is -2.37. The summed E-state index contributed by atoms with van der Waals surface area (Å²) in [7, 11) is -3.09. The maximum atomic E-state index is 8.48. The smallest absolute Gasteiger partial charge is 0.162 e. The van der Waals surface area contributed by atoms with Crippen LogP contribution >= 0.6 is 23.2 Å². The number of nitrogens with zero attached hydrogens (tertiary/aromatic N) is 3. The van der Waals surface area contributed by atoms with Crippen LogP contribution in [0.15, 0.2) is 36.7 Å². The van der Waals surface area contributed by atoms with E-state index in [2.05, 4.69) is 15.3 Å². The second kappa shape index (κ2) is 10.3. The number of ether oxygens (including phenoxy) is 3. The molecule has 0 spiro atoms. The van der Waals surface area contributed by atoms with Gasteiger partial charge in [0.05, 0.1) is 51.9 Å². The molecule has 1 aliphatic rings. The number of nitrogens with one attached hydrogen (secondary N) is 1. The maximum absolute atomic E-state index is 8.48. The van der Waals surface area contributed by atoms with Crippen LogP contribution in [0, 0.1) is 0 Å². The van der Waals surface area contributed by atoms with Gasteiger partial charge in [0.1, 0.15) is 12.1 Å². The van der Waals surface area contributed by atoms with Gasteiger partial charge in [-0.15, -0.1) is 0 Å². The molecule has 31 heavy (non-hydrogen) atoms. The molecule has 9 heteroatoms. The first-order valence-electron chi connectivity index (χ1n) is 15.5. The first kappa shape index (κ1) is 11.0. The van der Waals surface area contributed by atoms with Gasteiger partial charge in [-0.2, -0.15) is 0 Å². The van der Waals surface area contributed by atoms with Crippen molar-refractivity contribution in [1.82, 2.24) is 14.9 Å². The zero-order chi connectivity index (χ0) is 33.0. The van der Waals surface area contributed by atoms with Crippen molar-refractivity contribution in [3.8, 4) is 11.5 Å². The summed E-state index contributed by atoms with van der Waals surface area (Å²) in [4.78, 5) is 8.44. The molecule has 4 atom stereocenters. The van der Waals surface area contributed by atoms with Gasteiger partial charge in [-0.1, -0.05) is 23.2 Å². The van der Waals surface area contributed by atoms with Crippen LogP contribution in [-0.2, 0) is 4.74 Å². The fraction of sp³-hybridized carbons (Fsp3) is 0.364. The number of fused-ring (bicyclic) bond motifs is 1. The van der Waals surface area contributed by atoms with Crippen LogP contribution in [0.4, 0.5) is 11.5 Å². The number of aromatic nitrogens is 2. The van der Waals surface area contributed by atoms with E-state index in [1.165, 1.54) is 12.1 Å². The van der Waals surface area contributed by atoms with Gasteiger partial charge in [0.25, 0.3) is 0 Å². The molecule has 2 aromatic carbocycles. The van der Waals surface area contributed by atoms with Gasteiger partial charge in [-0.3, -0.25) is 4.90 Å². The van der Waals surface area contributed by atoms with Gasteiger partial charge < -0.3 is 19.5 Å². The fourth-order valence-corrected chi connectivity index (χ4v) is 2.87. The van der Waals surface area contributed by atoms with Crippen molar-refractivity contribution in [1.29, 1.82) is 0 Å². The Bertz CT molecular complexity index is 1520. The summed E-state index contributed by atoms with van der Waals surface area (Å²) in [5.41, 5.74) is 0.517. The third-order valence-corrected chi connectivity index (χ3v) is 4.73. The molecule has 0 bridgehead atoms. The number of hydrogen-bond donors (Lipinski definition) is 1. The molecular weight excluding hydrogens is 439 g/mol. The van der Waals surface area contributed by atoms with Crippen molar-refractivity contribution in [2.75, 3.05) is 51.6 Å². The lowest BCUT2D eigenvalue weighted by molar-refractivity contribution is 0.0357. The van der Waals surface area contributed by atoms with Crippen LogP contribution < -0.4 is 14.8 Å². The molecule has 0 saturated carbocycles. The van der Waals surface area contributed by atoms with Gasteiger partial charge >= 0.3 is 0 Å². The third kappa shape index (κ3) is 5.49. The Morgan fingerprint density at radius 1 is 1.19 bits per heavy atom. The van der Waals surface area contributed by atoms with Crippen LogP contribution in [0.2, 0.25) is 10.0 Å². The van der Waals surface area contributed by atoms with Gasteiger partial charge in [0, 0.05) is 44.9 Å². The molecule has 7 nitrogen and oxygen atoms in total. The quantitative estimate of drug-likeness (QED) is 0.501. The molecule has 1 N–H and O–H groups in total. The monoisotopic (exact) mass is 475 g/mol. The van der Waals surface area contributed by atoms with Crippen molar-refractivity contribution in [2.45, 2.75) is 6.37 Å². The molecule has 0 aliphatic carbocycles. The third-order valence-electron chi connectivity index (χ3n) is 3.99. The molecule has 1 aliphatic heterocycles. The molecular formula is C22H24Cl2N4O3. The molecule has 164 valence electrons. The molecule has 1 aromatic heterocycles. The summed E-state index contributed by atoms with van der Waals surface area (Å²) >= 11 is 12.1. The van der Waals surface area contributed by atoms with E-state index in [9.17, 15) is 0 Å². The van der Waals surface area contributed by atoms with Gasteiger partial charge in [-0.05, 0) is 30.6 Å². The van der Waals surface area contributed by atoms with Crippen LogP contribution in [0.1, 0.15) is 24.2 Å². The zero-order valence-electron chi connectivity index (χ0n) is 28.6. The van der Waals surface area contributed by atoms with Crippen molar-refractivity contribution >= 4 is 45.6 Å². The number of rotatable bonds is 8. The first-order chi connectivity index (χ1) is 20.2. The molecule has 3 aromatic rings. The van der Waals surface area contributed by atoms with Crippen molar-refractivity contribution in [2.24, 2.45) is 0 Å². The number of morpholine rings is 1. The summed E-state index contributed by atoms with van der Waals surface area (Å²) in [6, 6.07) is 6.73. The summed E-state index contributed by atoms with van der Waals surface area (Å²) < 4.78 is 120. The molecule has 0 amide bonds. The van der Waals surface area contributed by atoms with Crippen molar-refractivity contribution < 1.29 is 32.0 Å². The van der Waals surface area contributed by atoms with Crippen molar-refractivity contribution in [3.63, 3.8) is 0 Å². The molecule has 4 unspecified atom stereocenters. The van der Waals surface area contributed by atoms with E-state index in [4.69, 9.17) is 55.2 Å². The molecule has 4 rings (SSSR count). The highest BCUT2D eigenvalue weighted by atomic mass is 35.5. The highest BCUT2D eigenvalue weighted by Crippen LogP contribution is 2.35. The Hall–Kier alpha value is -2.32. The number of halogens is 2. The Labute approximate surface area is 209 Å². The number of anilines is 2. The summed E-state index contributed by atoms with van der Waals surface area (Å²) in [5, 5.41) is 3.58. The standard InChI is InChI=1S/C22H24Cl2N4O3/c1-29-20-13-19-16(12-21(20)31-8-2-5-28-6-9-30-10-7-28)22(26-14-25-19)27-15-3-4-17(23)18(24)11-15/h3-4,11-14H,2,5-10H2,1H3,(H,25,26,27)/i1D3,2D2,5D2,6D,7D,8D2,9D,10D. The highest BCUT2D eigenvalue weighted by Gasteiger charge is 2.13. The number of benzene rings is 2. The van der Waals surface area contributed by atoms with Crippen LogP contribution in [0.25, 0.3) is 10.9 Å². The second-order valence-electron chi connectivity index (χ2n) is 5.95. The van der Waals surface area contributed by atoms with Crippen LogP contribution in [-0.4, -0.2) is 61.2 Å². The average molecular weight is 476 g/mol. The van der Waals surface area contributed by atoms with E-state index in [-0.39, 0.29) is 31.7 Å². The minimum absolute atomic E-state index is 0.0958. The molecule has 0 radical (unpaired) electrons. The van der Waals surface area contributed by atoms with E-state index in [1.54, 1.807) is 6.07 Å².